The Labute approximate surface area is 128 Å². The van der Waals surface area contributed by atoms with Crippen molar-refractivity contribution in [1.82, 2.24) is 0 Å². The van der Waals surface area contributed by atoms with Gasteiger partial charge in [0.25, 0.3) is 5.91 Å². The van der Waals surface area contributed by atoms with Crippen LogP contribution in [0, 0.1) is 6.92 Å². The van der Waals surface area contributed by atoms with Gasteiger partial charge in [0.2, 0.25) is 0 Å². The highest BCUT2D eigenvalue weighted by molar-refractivity contribution is 6.05. The van der Waals surface area contributed by atoms with E-state index in [1.807, 2.05) is 12.1 Å². The Balaban J connectivity index is 1.66. The van der Waals surface area contributed by atoms with E-state index in [1.54, 1.807) is 13.0 Å². The summed E-state index contributed by atoms with van der Waals surface area (Å²) in [5.74, 6) is 0.487. The van der Waals surface area contributed by atoms with Gasteiger partial charge in [0.1, 0.15) is 5.76 Å². The lowest BCUT2D eigenvalue weighted by atomic mass is 10.1. The van der Waals surface area contributed by atoms with Crippen LogP contribution in [0.4, 0.5) is 5.69 Å². The molecule has 1 aliphatic carbocycles. The summed E-state index contributed by atoms with van der Waals surface area (Å²) in [5, 5.41) is 2.95. The zero-order chi connectivity index (χ0) is 15.1. The number of furan rings is 1. The van der Waals surface area contributed by atoms with Gasteiger partial charge in [-0.05, 0) is 53.8 Å². The zero-order valence-electron chi connectivity index (χ0n) is 12.2. The van der Waals surface area contributed by atoms with Gasteiger partial charge in [-0.1, -0.05) is 30.3 Å². The second-order valence-electron chi connectivity index (χ2n) is 5.55. The van der Waals surface area contributed by atoms with E-state index in [0.29, 0.717) is 11.3 Å². The predicted octanol–water partition coefficient (Wildman–Crippen LogP) is 4.41. The Kier molecular flexibility index (Phi) is 2.86. The van der Waals surface area contributed by atoms with Crippen LogP contribution in [-0.4, -0.2) is 5.91 Å². The van der Waals surface area contributed by atoms with Gasteiger partial charge < -0.3 is 9.73 Å². The number of nitrogens with one attached hydrogen (secondary N) is 1. The summed E-state index contributed by atoms with van der Waals surface area (Å²) >= 11 is 0. The maximum atomic E-state index is 12.3. The maximum absolute atomic E-state index is 12.3. The molecule has 1 heterocycles. The van der Waals surface area contributed by atoms with Crippen molar-refractivity contribution in [2.45, 2.75) is 13.3 Å². The molecule has 4 rings (SSSR count). The second kappa shape index (κ2) is 4.88. The number of anilines is 1. The Morgan fingerprint density at radius 3 is 2.68 bits per heavy atom. The third-order valence-corrected chi connectivity index (χ3v) is 4.16. The highest BCUT2D eigenvalue weighted by atomic mass is 16.3. The molecule has 3 nitrogen and oxygen atoms in total. The smallest absolute Gasteiger partial charge is 0.259 e. The molecule has 0 unspecified atom stereocenters. The molecule has 1 amide bonds. The number of rotatable bonds is 2. The summed E-state index contributed by atoms with van der Waals surface area (Å²) in [5.41, 5.74) is 6.48. The maximum Gasteiger partial charge on any atom is 0.259 e. The van der Waals surface area contributed by atoms with Crippen molar-refractivity contribution in [2.75, 3.05) is 5.32 Å². The first-order chi connectivity index (χ1) is 10.7. The minimum Gasteiger partial charge on any atom is -0.469 e. The minimum absolute atomic E-state index is 0.141. The first-order valence-electron chi connectivity index (χ1n) is 7.29. The molecule has 1 aliphatic rings. The molecule has 0 saturated heterocycles. The Morgan fingerprint density at radius 1 is 1.05 bits per heavy atom. The van der Waals surface area contributed by atoms with Crippen LogP contribution in [0.15, 0.2) is 59.2 Å². The number of hydrogen-bond donors (Lipinski definition) is 1. The van der Waals surface area contributed by atoms with Crippen LogP contribution >= 0.6 is 0 Å². The lowest BCUT2D eigenvalue weighted by molar-refractivity contribution is 0.102. The second-order valence-corrected chi connectivity index (χ2v) is 5.55. The Bertz CT molecular complexity index is 877. The van der Waals surface area contributed by atoms with E-state index in [2.05, 4.69) is 35.6 Å². The largest absolute Gasteiger partial charge is 0.469 e. The average Bonchev–Trinajstić information content (AvgIpc) is 3.10. The summed E-state index contributed by atoms with van der Waals surface area (Å²) in [4.78, 5) is 12.3. The Hall–Kier alpha value is -2.81. The van der Waals surface area contributed by atoms with Gasteiger partial charge in [-0.25, -0.2) is 0 Å². The van der Waals surface area contributed by atoms with E-state index < -0.39 is 0 Å². The van der Waals surface area contributed by atoms with Crippen molar-refractivity contribution in [3.05, 3.63) is 77.2 Å². The third kappa shape index (κ3) is 2.02. The molecule has 0 spiro atoms. The molecule has 1 N–H and O–H groups in total. The first kappa shape index (κ1) is 12.9. The zero-order valence-corrected chi connectivity index (χ0v) is 12.2. The molecule has 1 aromatic heterocycles. The number of benzene rings is 2. The molecule has 108 valence electrons. The molecular weight excluding hydrogens is 274 g/mol. The molecule has 0 bridgehead atoms. The summed E-state index contributed by atoms with van der Waals surface area (Å²) in [7, 11) is 0. The van der Waals surface area contributed by atoms with E-state index >= 15 is 0 Å². The quantitative estimate of drug-likeness (QED) is 0.594. The summed E-state index contributed by atoms with van der Waals surface area (Å²) in [6, 6.07) is 16.2. The molecule has 0 aliphatic heterocycles. The first-order valence-corrected chi connectivity index (χ1v) is 7.29. The molecule has 0 fully saturated rings. The van der Waals surface area contributed by atoms with Crippen LogP contribution in [-0.2, 0) is 6.42 Å². The molecular formula is C19H15NO2. The van der Waals surface area contributed by atoms with Crippen molar-refractivity contribution in [3.8, 4) is 11.1 Å². The van der Waals surface area contributed by atoms with Crippen LogP contribution < -0.4 is 5.32 Å². The van der Waals surface area contributed by atoms with Crippen molar-refractivity contribution in [2.24, 2.45) is 0 Å². The van der Waals surface area contributed by atoms with E-state index in [1.165, 1.54) is 28.5 Å². The van der Waals surface area contributed by atoms with Gasteiger partial charge in [0.05, 0.1) is 11.8 Å². The van der Waals surface area contributed by atoms with Crippen LogP contribution in [0.2, 0.25) is 0 Å². The molecule has 3 aromatic rings. The fourth-order valence-electron chi connectivity index (χ4n) is 3.02. The van der Waals surface area contributed by atoms with Crippen LogP contribution in [0.5, 0.6) is 0 Å². The predicted molar refractivity (Wildman–Crippen MR) is 86.1 cm³/mol. The number of carbonyl (C=O) groups is 1. The summed E-state index contributed by atoms with van der Waals surface area (Å²) in [6.07, 6.45) is 2.49. The van der Waals surface area contributed by atoms with Crippen molar-refractivity contribution in [3.63, 3.8) is 0 Å². The van der Waals surface area contributed by atoms with E-state index in [4.69, 9.17) is 4.42 Å². The molecule has 2 aromatic carbocycles. The lowest BCUT2D eigenvalue weighted by Crippen LogP contribution is -2.12. The molecule has 0 atom stereocenters. The van der Waals surface area contributed by atoms with Gasteiger partial charge in [-0.2, -0.15) is 0 Å². The lowest BCUT2D eigenvalue weighted by Gasteiger charge is -2.07. The van der Waals surface area contributed by atoms with Gasteiger partial charge >= 0.3 is 0 Å². The minimum atomic E-state index is -0.141. The topological polar surface area (TPSA) is 42.2 Å². The Morgan fingerprint density at radius 2 is 1.86 bits per heavy atom. The highest BCUT2D eigenvalue weighted by Gasteiger charge is 2.19. The highest BCUT2D eigenvalue weighted by Crippen LogP contribution is 2.37. The number of fused-ring (bicyclic) bond motifs is 3. The summed E-state index contributed by atoms with van der Waals surface area (Å²) < 4.78 is 5.18. The fraction of sp³-hybridized carbons (Fsp3) is 0.105. The van der Waals surface area contributed by atoms with Crippen molar-refractivity contribution in [1.29, 1.82) is 0 Å². The molecule has 0 saturated carbocycles. The monoisotopic (exact) mass is 289 g/mol. The number of hydrogen-bond acceptors (Lipinski definition) is 2. The fourth-order valence-corrected chi connectivity index (χ4v) is 3.02. The van der Waals surface area contributed by atoms with Gasteiger partial charge in [0, 0.05) is 5.69 Å². The SMILES string of the molecule is Cc1occc1C(=O)Nc1ccc2c(c1)-c1ccccc1C2. The standard InChI is InChI=1S/C19H15NO2/c1-12-16(8-9-22-12)19(21)20-15-7-6-14-10-13-4-2-3-5-17(13)18(14)11-15/h2-9,11H,10H2,1H3,(H,20,21). The molecule has 22 heavy (non-hydrogen) atoms. The number of carbonyl (C=O) groups excluding carboxylic acids is 1. The van der Waals surface area contributed by atoms with Gasteiger partial charge in [-0.15, -0.1) is 0 Å². The van der Waals surface area contributed by atoms with Crippen LogP contribution in [0.1, 0.15) is 27.2 Å². The number of amides is 1. The third-order valence-electron chi connectivity index (χ3n) is 4.16. The van der Waals surface area contributed by atoms with E-state index in [9.17, 15) is 4.79 Å². The van der Waals surface area contributed by atoms with E-state index in [0.717, 1.165) is 12.1 Å². The summed E-state index contributed by atoms with van der Waals surface area (Å²) in [6.45, 7) is 1.79. The van der Waals surface area contributed by atoms with Gasteiger partial charge in [0.15, 0.2) is 0 Å². The normalized spacial score (nSPS) is 11.9. The van der Waals surface area contributed by atoms with Gasteiger partial charge in [-0.3, -0.25) is 4.79 Å². The van der Waals surface area contributed by atoms with Crippen molar-refractivity contribution >= 4 is 11.6 Å². The molecule has 0 radical (unpaired) electrons. The molecule has 3 heteroatoms. The number of aryl methyl sites for hydroxylation is 1. The van der Waals surface area contributed by atoms with Crippen LogP contribution in [0.25, 0.3) is 11.1 Å². The van der Waals surface area contributed by atoms with Crippen molar-refractivity contribution < 1.29 is 9.21 Å². The van der Waals surface area contributed by atoms with Crippen LogP contribution in [0.3, 0.4) is 0 Å². The average molecular weight is 289 g/mol. The van der Waals surface area contributed by atoms with E-state index in [-0.39, 0.29) is 5.91 Å².